The van der Waals surface area contributed by atoms with Crippen molar-refractivity contribution in [2.75, 3.05) is 6.54 Å². The number of pyridine rings is 1. The van der Waals surface area contributed by atoms with Crippen molar-refractivity contribution in [3.05, 3.63) is 24.2 Å². The maximum atomic E-state index is 6.07. The zero-order valence-corrected chi connectivity index (χ0v) is 12.2. The molecule has 0 aliphatic heterocycles. The highest BCUT2D eigenvalue weighted by atomic mass is 15.1. The normalized spacial score (nSPS) is 12.2. The van der Waals surface area contributed by atoms with Crippen LogP contribution in [0.1, 0.15) is 45.9 Å². The topological polar surface area (TPSA) is 56.7 Å². The molecule has 2 heterocycles. The summed E-state index contributed by atoms with van der Waals surface area (Å²) >= 11 is 0. The van der Waals surface area contributed by atoms with Crippen LogP contribution in [0.4, 0.5) is 0 Å². The van der Waals surface area contributed by atoms with Gasteiger partial charge in [-0.05, 0) is 31.4 Å². The zero-order chi connectivity index (χ0) is 13.9. The van der Waals surface area contributed by atoms with Gasteiger partial charge in [-0.1, -0.05) is 20.8 Å². The monoisotopic (exact) mass is 260 g/mol. The van der Waals surface area contributed by atoms with Crippen LogP contribution in [-0.2, 0) is 12.0 Å². The molecule has 4 heteroatoms. The molecule has 4 nitrogen and oxygen atoms in total. The van der Waals surface area contributed by atoms with Crippen LogP contribution in [0.15, 0.2) is 18.3 Å². The fraction of sp³-hybridized carbons (Fsp3) is 0.600. The number of hydrogen-bond acceptors (Lipinski definition) is 3. The van der Waals surface area contributed by atoms with Gasteiger partial charge in [-0.3, -0.25) is 0 Å². The van der Waals surface area contributed by atoms with Crippen molar-refractivity contribution in [3.63, 3.8) is 0 Å². The molecule has 0 aromatic carbocycles. The lowest BCUT2D eigenvalue weighted by Crippen LogP contribution is -2.37. The summed E-state index contributed by atoms with van der Waals surface area (Å²) in [5, 5.41) is 0. The van der Waals surface area contributed by atoms with Crippen LogP contribution in [0.2, 0.25) is 0 Å². The minimum atomic E-state index is -0.0319. The van der Waals surface area contributed by atoms with Crippen molar-refractivity contribution < 1.29 is 0 Å². The van der Waals surface area contributed by atoms with Crippen LogP contribution < -0.4 is 5.73 Å². The second-order valence-corrected chi connectivity index (χ2v) is 5.12. The van der Waals surface area contributed by atoms with Gasteiger partial charge in [0.15, 0.2) is 5.65 Å². The molecule has 0 aliphatic rings. The second-order valence-electron chi connectivity index (χ2n) is 5.12. The molecule has 0 atom stereocenters. The van der Waals surface area contributed by atoms with Gasteiger partial charge < -0.3 is 10.3 Å². The van der Waals surface area contributed by atoms with Crippen LogP contribution >= 0.6 is 0 Å². The Morgan fingerprint density at radius 2 is 2.00 bits per heavy atom. The van der Waals surface area contributed by atoms with Crippen molar-refractivity contribution in [3.8, 4) is 0 Å². The van der Waals surface area contributed by atoms with Gasteiger partial charge in [0.05, 0.1) is 0 Å². The number of nitrogens with two attached hydrogens (primary N) is 1. The van der Waals surface area contributed by atoms with Crippen LogP contribution in [0.3, 0.4) is 0 Å². The minimum absolute atomic E-state index is 0.0319. The molecule has 2 aromatic heterocycles. The molecule has 0 saturated carbocycles. The molecule has 0 aliphatic carbocycles. The third-order valence-corrected chi connectivity index (χ3v) is 4.17. The van der Waals surface area contributed by atoms with Crippen molar-refractivity contribution in [1.82, 2.24) is 14.5 Å². The van der Waals surface area contributed by atoms with E-state index in [1.54, 1.807) is 0 Å². The van der Waals surface area contributed by atoms with E-state index in [1.165, 1.54) is 0 Å². The van der Waals surface area contributed by atoms with Crippen LogP contribution in [0, 0.1) is 0 Å². The first-order valence-corrected chi connectivity index (χ1v) is 7.24. The Labute approximate surface area is 115 Å². The minimum Gasteiger partial charge on any atom is -0.329 e. The lowest BCUT2D eigenvalue weighted by Gasteiger charge is -2.30. The average molecular weight is 260 g/mol. The summed E-state index contributed by atoms with van der Waals surface area (Å²) in [6.45, 7) is 8.15. The third kappa shape index (κ3) is 2.25. The summed E-state index contributed by atoms with van der Waals surface area (Å²) < 4.78 is 2.26. The van der Waals surface area contributed by atoms with Gasteiger partial charge in [0.2, 0.25) is 0 Å². The van der Waals surface area contributed by atoms with Crippen LogP contribution in [0.25, 0.3) is 11.2 Å². The summed E-state index contributed by atoms with van der Waals surface area (Å²) in [4.78, 5) is 9.33. The molecule has 0 saturated heterocycles. The molecule has 0 unspecified atom stereocenters. The summed E-state index contributed by atoms with van der Waals surface area (Å²) in [6, 6.07) is 3.97. The largest absolute Gasteiger partial charge is 0.329 e. The smallest absolute Gasteiger partial charge is 0.159 e. The van der Waals surface area contributed by atoms with Crippen molar-refractivity contribution in [2.24, 2.45) is 5.73 Å². The lowest BCUT2D eigenvalue weighted by atomic mass is 9.81. The van der Waals surface area contributed by atoms with E-state index >= 15 is 0 Å². The standard InChI is InChI=1S/C15H24N4/c1-4-10-19-13-12(8-7-9-17-13)18-14(19)15(5-2,6-3)11-16/h7-9H,4-6,10-11,16H2,1-3H3. The van der Waals surface area contributed by atoms with Crippen molar-refractivity contribution in [2.45, 2.75) is 52.0 Å². The van der Waals surface area contributed by atoms with Gasteiger partial charge in [0.1, 0.15) is 11.3 Å². The number of fused-ring (bicyclic) bond motifs is 1. The Kier molecular flexibility index (Phi) is 4.20. The van der Waals surface area contributed by atoms with E-state index in [1.807, 2.05) is 18.3 Å². The average Bonchev–Trinajstić information content (AvgIpc) is 2.82. The number of hydrogen-bond donors (Lipinski definition) is 1. The SMILES string of the molecule is CCCn1c(C(CC)(CC)CN)nc2cccnc21. The van der Waals surface area contributed by atoms with Crippen LogP contribution in [0.5, 0.6) is 0 Å². The van der Waals surface area contributed by atoms with E-state index < -0.39 is 0 Å². The number of rotatable bonds is 6. The highest BCUT2D eigenvalue weighted by Gasteiger charge is 2.32. The second kappa shape index (κ2) is 5.70. The molecule has 0 bridgehead atoms. The third-order valence-electron chi connectivity index (χ3n) is 4.17. The fourth-order valence-corrected chi connectivity index (χ4v) is 2.74. The first kappa shape index (κ1) is 14.0. The Balaban J connectivity index is 2.67. The molecule has 19 heavy (non-hydrogen) atoms. The first-order valence-electron chi connectivity index (χ1n) is 7.24. The highest BCUT2D eigenvalue weighted by molar-refractivity contribution is 5.71. The van der Waals surface area contributed by atoms with E-state index in [2.05, 4.69) is 30.3 Å². The predicted molar refractivity (Wildman–Crippen MR) is 79.1 cm³/mol. The van der Waals surface area contributed by atoms with Gasteiger partial charge in [0, 0.05) is 24.7 Å². The lowest BCUT2D eigenvalue weighted by molar-refractivity contribution is 0.366. The summed E-state index contributed by atoms with van der Waals surface area (Å²) in [6.07, 6.45) is 4.92. The maximum absolute atomic E-state index is 6.07. The molecule has 0 radical (unpaired) electrons. The van der Waals surface area contributed by atoms with Crippen molar-refractivity contribution >= 4 is 11.2 Å². The van der Waals surface area contributed by atoms with Gasteiger partial charge in [-0.15, -0.1) is 0 Å². The van der Waals surface area contributed by atoms with Gasteiger partial charge in [-0.25, -0.2) is 9.97 Å². The number of aryl methyl sites for hydroxylation is 1. The number of nitrogens with zero attached hydrogens (tertiary/aromatic N) is 3. The molecule has 0 fully saturated rings. The molecule has 2 aromatic rings. The van der Waals surface area contributed by atoms with Gasteiger partial charge in [-0.2, -0.15) is 0 Å². The highest BCUT2D eigenvalue weighted by Crippen LogP contribution is 2.32. The molecule has 0 amide bonds. The van der Waals surface area contributed by atoms with Gasteiger partial charge in [0.25, 0.3) is 0 Å². The van der Waals surface area contributed by atoms with Crippen molar-refractivity contribution in [1.29, 1.82) is 0 Å². The molecule has 2 rings (SSSR count). The molecular weight excluding hydrogens is 236 g/mol. The molecular formula is C15H24N4. The quantitative estimate of drug-likeness (QED) is 0.869. The summed E-state index contributed by atoms with van der Waals surface area (Å²) in [5.41, 5.74) is 8.00. The maximum Gasteiger partial charge on any atom is 0.159 e. The van der Waals surface area contributed by atoms with Gasteiger partial charge >= 0.3 is 0 Å². The number of imidazole rings is 1. The summed E-state index contributed by atoms with van der Waals surface area (Å²) in [5.74, 6) is 1.11. The zero-order valence-electron chi connectivity index (χ0n) is 12.2. The van der Waals surface area contributed by atoms with E-state index in [9.17, 15) is 0 Å². The molecule has 0 spiro atoms. The Morgan fingerprint density at radius 3 is 2.58 bits per heavy atom. The van der Waals surface area contributed by atoms with E-state index in [4.69, 9.17) is 10.7 Å². The Hall–Kier alpha value is -1.42. The molecule has 104 valence electrons. The van der Waals surface area contributed by atoms with E-state index in [-0.39, 0.29) is 5.41 Å². The number of aromatic nitrogens is 3. The summed E-state index contributed by atoms with van der Waals surface area (Å²) in [7, 11) is 0. The first-order chi connectivity index (χ1) is 9.22. The molecule has 2 N–H and O–H groups in total. The van der Waals surface area contributed by atoms with E-state index in [0.29, 0.717) is 6.54 Å². The fourth-order valence-electron chi connectivity index (χ4n) is 2.74. The Bertz CT molecular complexity index is 532. The Morgan fingerprint density at radius 1 is 1.26 bits per heavy atom. The van der Waals surface area contributed by atoms with E-state index in [0.717, 1.165) is 42.8 Å². The predicted octanol–water partition coefficient (Wildman–Crippen LogP) is 2.86. The van der Waals surface area contributed by atoms with Crippen LogP contribution in [-0.4, -0.2) is 21.1 Å².